The van der Waals surface area contributed by atoms with Gasteiger partial charge in [-0.05, 0) is 55.8 Å². The second-order valence-electron chi connectivity index (χ2n) is 5.51. The molecule has 0 spiro atoms. The van der Waals surface area contributed by atoms with Crippen LogP contribution < -0.4 is 5.73 Å². The van der Waals surface area contributed by atoms with Crippen LogP contribution in [-0.4, -0.2) is 6.04 Å². The van der Waals surface area contributed by atoms with E-state index in [1.807, 2.05) is 0 Å². The molecule has 1 nitrogen and oxygen atoms in total. The third kappa shape index (κ3) is 1.16. The Labute approximate surface area is 81.1 Å². The predicted octanol–water partition coefficient (Wildman–Crippen LogP) is 2.55. The van der Waals surface area contributed by atoms with Crippen LogP contribution in [0.3, 0.4) is 0 Å². The molecule has 0 aromatic rings. The first-order chi connectivity index (χ1) is 6.36. The van der Waals surface area contributed by atoms with Gasteiger partial charge < -0.3 is 5.73 Å². The molecule has 1 heteroatoms. The summed E-state index contributed by atoms with van der Waals surface area (Å²) in [6.45, 7) is 0. The Bertz CT molecular complexity index is 195. The van der Waals surface area contributed by atoms with Crippen molar-refractivity contribution in [2.24, 2.45) is 29.4 Å². The van der Waals surface area contributed by atoms with Gasteiger partial charge >= 0.3 is 0 Å². The van der Waals surface area contributed by atoms with Crippen LogP contribution in [0.1, 0.15) is 44.9 Å². The number of rotatable bonds is 0. The highest BCUT2D eigenvalue weighted by molar-refractivity contribution is 5.01. The van der Waals surface area contributed by atoms with Gasteiger partial charge in [-0.25, -0.2) is 0 Å². The van der Waals surface area contributed by atoms with Gasteiger partial charge in [-0.2, -0.15) is 0 Å². The quantitative estimate of drug-likeness (QED) is 0.607. The summed E-state index contributed by atoms with van der Waals surface area (Å²) in [5, 5.41) is 0. The molecule has 0 aromatic carbocycles. The maximum Gasteiger partial charge on any atom is 0.00417 e. The van der Waals surface area contributed by atoms with E-state index in [-0.39, 0.29) is 0 Å². The smallest absolute Gasteiger partial charge is 0.00417 e. The average Bonchev–Trinajstić information content (AvgIpc) is 2.15. The van der Waals surface area contributed by atoms with Crippen molar-refractivity contribution >= 4 is 0 Å². The maximum atomic E-state index is 6.04. The topological polar surface area (TPSA) is 26.0 Å². The summed E-state index contributed by atoms with van der Waals surface area (Å²) in [5.74, 6) is 4.38. The Morgan fingerprint density at radius 1 is 0.692 bits per heavy atom. The minimum absolute atomic E-state index is 0.545. The van der Waals surface area contributed by atoms with Crippen LogP contribution in [-0.2, 0) is 0 Å². The third-order valence-corrected chi connectivity index (χ3v) is 4.97. The molecular weight excluding hydrogens is 158 g/mol. The predicted molar refractivity (Wildman–Crippen MR) is 54.3 cm³/mol. The highest BCUT2D eigenvalue weighted by Crippen LogP contribution is 2.58. The van der Waals surface area contributed by atoms with E-state index in [0.717, 1.165) is 23.7 Å². The second-order valence-corrected chi connectivity index (χ2v) is 5.51. The molecule has 3 saturated carbocycles. The lowest BCUT2D eigenvalue weighted by Crippen LogP contribution is -2.53. The first-order valence-electron chi connectivity index (χ1n) is 6.12. The molecule has 0 aliphatic heterocycles. The fourth-order valence-electron chi connectivity index (χ4n) is 4.39. The van der Waals surface area contributed by atoms with E-state index >= 15 is 0 Å². The Balaban J connectivity index is 1.71. The Morgan fingerprint density at radius 2 is 1.31 bits per heavy atom. The Kier molecular flexibility index (Phi) is 1.90. The molecule has 13 heavy (non-hydrogen) atoms. The molecule has 3 fully saturated rings. The number of hydrogen-bond acceptors (Lipinski definition) is 1. The Morgan fingerprint density at radius 3 is 2.08 bits per heavy atom. The van der Waals surface area contributed by atoms with Crippen LogP contribution in [0.4, 0.5) is 0 Å². The average molecular weight is 179 g/mol. The van der Waals surface area contributed by atoms with Gasteiger partial charge in [0.15, 0.2) is 0 Å². The number of fused-ring (bicyclic) bond motifs is 4. The normalized spacial score (nSPS) is 54.7. The second kappa shape index (κ2) is 2.98. The van der Waals surface area contributed by atoms with E-state index in [0.29, 0.717) is 6.04 Å². The summed E-state index contributed by atoms with van der Waals surface area (Å²) in [4.78, 5) is 0. The van der Waals surface area contributed by atoms with Crippen LogP contribution in [0, 0.1) is 23.7 Å². The summed E-state index contributed by atoms with van der Waals surface area (Å²) in [7, 11) is 0. The van der Waals surface area contributed by atoms with Gasteiger partial charge in [-0.15, -0.1) is 0 Å². The molecule has 3 rings (SSSR count). The monoisotopic (exact) mass is 179 g/mol. The lowest BCUT2D eigenvalue weighted by molar-refractivity contribution is -0.0823. The lowest BCUT2D eigenvalue weighted by atomic mass is 9.48. The van der Waals surface area contributed by atoms with Crippen LogP contribution in [0.5, 0.6) is 0 Å². The van der Waals surface area contributed by atoms with Crippen LogP contribution in [0.15, 0.2) is 0 Å². The van der Waals surface area contributed by atoms with Gasteiger partial charge in [0.1, 0.15) is 0 Å². The van der Waals surface area contributed by atoms with Crippen molar-refractivity contribution in [1.29, 1.82) is 0 Å². The zero-order valence-corrected chi connectivity index (χ0v) is 8.41. The zero-order valence-electron chi connectivity index (χ0n) is 8.41. The molecule has 0 amide bonds. The molecule has 5 unspecified atom stereocenters. The lowest BCUT2D eigenvalue weighted by Gasteiger charge is -2.58. The van der Waals surface area contributed by atoms with Gasteiger partial charge in [0.25, 0.3) is 0 Å². The first kappa shape index (κ1) is 8.28. The van der Waals surface area contributed by atoms with Crippen molar-refractivity contribution in [3.05, 3.63) is 0 Å². The van der Waals surface area contributed by atoms with E-state index < -0.39 is 0 Å². The summed E-state index contributed by atoms with van der Waals surface area (Å²) in [6.07, 6.45) is 10.2. The fraction of sp³-hybridized carbons (Fsp3) is 1.00. The van der Waals surface area contributed by atoms with Gasteiger partial charge in [0.2, 0.25) is 0 Å². The summed E-state index contributed by atoms with van der Waals surface area (Å²) in [6, 6.07) is 0.545. The summed E-state index contributed by atoms with van der Waals surface area (Å²) in [5.41, 5.74) is 6.04. The van der Waals surface area contributed by atoms with Crippen molar-refractivity contribution < 1.29 is 0 Å². The molecule has 0 saturated heterocycles. The maximum absolute atomic E-state index is 6.04. The fourth-order valence-corrected chi connectivity index (χ4v) is 4.39. The van der Waals surface area contributed by atoms with Gasteiger partial charge in [0.05, 0.1) is 0 Å². The molecule has 5 atom stereocenters. The molecule has 0 bridgehead atoms. The molecule has 0 heterocycles. The van der Waals surface area contributed by atoms with E-state index in [2.05, 4.69) is 0 Å². The van der Waals surface area contributed by atoms with Gasteiger partial charge in [-0.3, -0.25) is 0 Å². The summed E-state index contributed by atoms with van der Waals surface area (Å²) >= 11 is 0. The molecule has 2 N–H and O–H groups in total. The Hall–Kier alpha value is -0.0400. The van der Waals surface area contributed by atoms with Crippen molar-refractivity contribution in [3.8, 4) is 0 Å². The van der Waals surface area contributed by atoms with E-state index in [1.54, 1.807) is 6.42 Å². The van der Waals surface area contributed by atoms with Gasteiger partial charge in [-0.1, -0.05) is 12.8 Å². The molecule has 3 aliphatic rings. The van der Waals surface area contributed by atoms with E-state index in [4.69, 9.17) is 5.73 Å². The largest absolute Gasteiger partial charge is 0.328 e. The van der Waals surface area contributed by atoms with E-state index in [1.165, 1.54) is 38.5 Å². The van der Waals surface area contributed by atoms with Crippen LogP contribution in [0.25, 0.3) is 0 Å². The molecule has 74 valence electrons. The molecule has 0 radical (unpaired) electrons. The highest BCUT2D eigenvalue weighted by atomic mass is 14.7. The molecule has 3 aliphatic carbocycles. The SMILES string of the molecule is NC1CCC2C3CCCCC3C2C1. The summed E-state index contributed by atoms with van der Waals surface area (Å²) < 4.78 is 0. The number of hydrogen-bond donors (Lipinski definition) is 1. The van der Waals surface area contributed by atoms with Crippen molar-refractivity contribution in [2.75, 3.05) is 0 Å². The van der Waals surface area contributed by atoms with Gasteiger partial charge in [0, 0.05) is 6.04 Å². The van der Waals surface area contributed by atoms with Crippen molar-refractivity contribution in [2.45, 2.75) is 51.0 Å². The number of nitrogens with two attached hydrogens (primary N) is 1. The third-order valence-electron chi connectivity index (χ3n) is 4.97. The minimum Gasteiger partial charge on any atom is -0.328 e. The van der Waals surface area contributed by atoms with Crippen molar-refractivity contribution in [3.63, 3.8) is 0 Å². The van der Waals surface area contributed by atoms with Crippen molar-refractivity contribution in [1.82, 2.24) is 0 Å². The highest BCUT2D eigenvalue weighted by Gasteiger charge is 2.51. The zero-order chi connectivity index (χ0) is 8.84. The first-order valence-corrected chi connectivity index (χ1v) is 6.12. The van der Waals surface area contributed by atoms with E-state index in [9.17, 15) is 0 Å². The molecule has 0 aromatic heterocycles. The molecular formula is C12H21N. The minimum atomic E-state index is 0.545. The van der Waals surface area contributed by atoms with Crippen LogP contribution >= 0.6 is 0 Å². The van der Waals surface area contributed by atoms with Crippen LogP contribution in [0.2, 0.25) is 0 Å². The standard InChI is InChI=1S/C12H21N/c13-8-5-6-11-9-3-1-2-4-10(9)12(11)7-8/h8-12H,1-7,13H2.